The molecule has 1 atom stereocenters. The molecule has 2 N–H and O–H groups in total. The molecule has 1 rings (SSSR count). The average Bonchev–Trinajstić information content (AvgIpc) is 3.16. The van der Waals surface area contributed by atoms with E-state index in [4.69, 9.17) is 5.73 Å². The third-order valence-corrected chi connectivity index (χ3v) is 6.69. The van der Waals surface area contributed by atoms with Gasteiger partial charge in [-0.2, -0.15) is 0 Å². The second-order valence-electron chi connectivity index (χ2n) is 9.67. The molecular formula is C28H51N3O2. The van der Waals surface area contributed by atoms with E-state index in [0.29, 0.717) is 13.1 Å². The maximum Gasteiger partial charge on any atom is 0.207 e. The van der Waals surface area contributed by atoms with Gasteiger partial charge in [-0.25, -0.2) is 9.48 Å². The van der Waals surface area contributed by atoms with Crippen LogP contribution in [-0.4, -0.2) is 35.9 Å². The number of carbonyl (C=O) groups is 1. The van der Waals surface area contributed by atoms with Crippen LogP contribution in [0.4, 0.5) is 0 Å². The number of aliphatic carboxylic acids is 1. The van der Waals surface area contributed by atoms with Crippen molar-refractivity contribution >= 4 is 11.8 Å². The molecule has 0 saturated heterocycles. The maximum absolute atomic E-state index is 11.2. The Bertz CT molecular complexity index is 586. The van der Waals surface area contributed by atoms with Gasteiger partial charge in [-0.15, -0.1) is 0 Å². The SMILES string of the molecule is CCCCCCCCCCCC/C=C/CCCCCCCC1=NC=C[N+]1(CCN)CC(=O)[O-]. The Morgan fingerprint density at radius 2 is 1.39 bits per heavy atom. The van der Waals surface area contributed by atoms with Crippen LogP contribution in [0, 0.1) is 0 Å². The van der Waals surface area contributed by atoms with Gasteiger partial charge in [0.2, 0.25) is 5.84 Å². The molecule has 5 nitrogen and oxygen atoms in total. The standard InChI is InChI=1S/C28H51N3O2/c1-2-3-4-5-6-7-8-9-10-11-12-13-14-15-16-17-18-19-20-21-27-30-23-25-31(27,24-22-29)26-28(32)33/h13-14,23,25H,2-12,15-22,24,26,29H2,1H3/b14-13+. The molecule has 0 aromatic rings. The van der Waals surface area contributed by atoms with E-state index in [0.717, 1.165) is 25.1 Å². The first-order valence-electron chi connectivity index (χ1n) is 13.8. The van der Waals surface area contributed by atoms with Gasteiger partial charge >= 0.3 is 0 Å². The van der Waals surface area contributed by atoms with Crippen molar-refractivity contribution in [1.29, 1.82) is 0 Å². The molecule has 1 heterocycles. The molecule has 33 heavy (non-hydrogen) atoms. The molecule has 0 amide bonds. The number of hydrogen-bond acceptors (Lipinski definition) is 4. The predicted octanol–water partition coefficient (Wildman–Crippen LogP) is 5.99. The lowest BCUT2D eigenvalue weighted by molar-refractivity contribution is -0.780. The van der Waals surface area contributed by atoms with Gasteiger partial charge in [0.05, 0.1) is 12.2 Å². The first-order valence-corrected chi connectivity index (χ1v) is 13.8. The fourth-order valence-electron chi connectivity index (χ4n) is 4.68. The van der Waals surface area contributed by atoms with Crippen LogP contribution in [0.2, 0.25) is 0 Å². The number of quaternary nitrogens is 1. The number of unbranched alkanes of at least 4 members (excludes halogenated alkanes) is 15. The summed E-state index contributed by atoms with van der Waals surface area (Å²) in [4.78, 5) is 15.6. The quantitative estimate of drug-likeness (QED) is 0.115. The number of carboxylic acids is 1. The third kappa shape index (κ3) is 14.4. The van der Waals surface area contributed by atoms with E-state index in [1.165, 1.54) is 96.3 Å². The van der Waals surface area contributed by atoms with Crippen LogP contribution in [0.15, 0.2) is 29.5 Å². The Morgan fingerprint density at radius 3 is 1.91 bits per heavy atom. The van der Waals surface area contributed by atoms with Crippen molar-refractivity contribution in [2.24, 2.45) is 10.7 Å². The van der Waals surface area contributed by atoms with E-state index < -0.39 is 5.97 Å². The normalized spacial score (nSPS) is 17.8. The Hall–Kier alpha value is -1.46. The average molecular weight is 462 g/mol. The lowest BCUT2D eigenvalue weighted by Crippen LogP contribution is -2.55. The molecule has 0 aliphatic carbocycles. The summed E-state index contributed by atoms with van der Waals surface area (Å²) >= 11 is 0. The molecule has 1 aliphatic heterocycles. The van der Waals surface area contributed by atoms with Crippen LogP contribution in [-0.2, 0) is 4.79 Å². The van der Waals surface area contributed by atoms with Gasteiger partial charge in [-0.1, -0.05) is 96.1 Å². The number of nitrogens with zero attached hydrogens (tertiary/aromatic N) is 2. The fourth-order valence-corrected chi connectivity index (χ4v) is 4.68. The van der Waals surface area contributed by atoms with Crippen molar-refractivity contribution in [1.82, 2.24) is 0 Å². The zero-order chi connectivity index (χ0) is 24.0. The Labute approximate surface area is 203 Å². The highest BCUT2D eigenvalue weighted by atomic mass is 16.4. The lowest BCUT2D eigenvalue weighted by Gasteiger charge is -2.32. The van der Waals surface area contributed by atoms with Crippen molar-refractivity contribution in [3.05, 3.63) is 24.6 Å². The Kier molecular flexibility index (Phi) is 17.9. The maximum atomic E-state index is 11.2. The number of rotatable bonds is 23. The fraction of sp³-hybridized carbons (Fsp3) is 0.786. The summed E-state index contributed by atoms with van der Waals surface area (Å²) in [5.41, 5.74) is 5.71. The van der Waals surface area contributed by atoms with Crippen LogP contribution in [0.3, 0.4) is 0 Å². The van der Waals surface area contributed by atoms with Crippen molar-refractivity contribution in [3.8, 4) is 0 Å². The molecule has 0 saturated carbocycles. The summed E-state index contributed by atoms with van der Waals surface area (Å²) in [6, 6.07) is 0. The Morgan fingerprint density at radius 1 is 0.879 bits per heavy atom. The summed E-state index contributed by atoms with van der Waals surface area (Å²) in [7, 11) is 0. The molecule has 1 aliphatic rings. The van der Waals surface area contributed by atoms with E-state index >= 15 is 0 Å². The van der Waals surface area contributed by atoms with Gasteiger partial charge in [0.25, 0.3) is 0 Å². The molecule has 0 aromatic heterocycles. The molecule has 0 bridgehead atoms. The van der Waals surface area contributed by atoms with Crippen molar-refractivity contribution < 1.29 is 14.4 Å². The smallest absolute Gasteiger partial charge is 0.207 e. The minimum Gasteiger partial charge on any atom is -0.544 e. The second kappa shape index (κ2) is 20.0. The van der Waals surface area contributed by atoms with Gasteiger partial charge in [0.1, 0.15) is 19.3 Å². The summed E-state index contributed by atoms with van der Waals surface area (Å²) in [5, 5.41) is 11.2. The number of carboxylic acid groups (broad SMARTS) is 1. The zero-order valence-electron chi connectivity index (χ0n) is 21.4. The summed E-state index contributed by atoms with van der Waals surface area (Å²) in [6.45, 7) is 3.21. The number of aliphatic imine (C=N–C) groups is 1. The van der Waals surface area contributed by atoms with Crippen molar-refractivity contribution in [2.45, 2.75) is 122 Å². The van der Waals surface area contributed by atoms with Gasteiger partial charge in [0, 0.05) is 13.0 Å². The van der Waals surface area contributed by atoms with Crippen LogP contribution >= 0.6 is 0 Å². The highest BCUT2D eigenvalue weighted by Gasteiger charge is 2.34. The lowest BCUT2D eigenvalue weighted by atomic mass is 10.1. The Balaban J connectivity index is 1.94. The number of hydrogen-bond donors (Lipinski definition) is 1. The van der Waals surface area contributed by atoms with E-state index in [1.54, 1.807) is 6.20 Å². The highest BCUT2D eigenvalue weighted by molar-refractivity contribution is 5.80. The third-order valence-electron chi connectivity index (χ3n) is 6.69. The first kappa shape index (κ1) is 29.6. The van der Waals surface area contributed by atoms with Crippen LogP contribution in [0.25, 0.3) is 0 Å². The molecule has 0 radical (unpaired) electrons. The highest BCUT2D eigenvalue weighted by Crippen LogP contribution is 2.21. The van der Waals surface area contributed by atoms with E-state index in [-0.39, 0.29) is 11.0 Å². The van der Waals surface area contributed by atoms with E-state index in [1.807, 2.05) is 6.20 Å². The summed E-state index contributed by atoms with van der Waals surface area (Å²) < 4.78 is 0.239. The monoisotopic (exact) mass is 461 g/mol. The minimum atomic E-state index is -1.05. The molecule has 190 valence electrons. The molecule has 5 heteroatoms. The molecule has 0 spiro atoms. The van der Waals surface area contributed by atoms with Gasteiger partial charge in [-0.05, 0) is 32.1 Å². The minimum absolute atomic E-state index is 0.0714. The van der Waals surface area contributed by atoms with E-state index in [2.05, 4.69) is 24.1 Å². The summed E-state index contributed by atoms with van der Waals surface area (Å²) in [5.74, 6) is -0.136. The molecular weight excluding hydrogens is 410 g/mol. The second-order valence-corrected chi connectivity index (χ2v) is 9.67. The summed E-state index contributed by atoms with van der Waals surface area (Å²) in [6.07, 6.45) is 31.5. The van der Waals surface area contributed by atoms with Crippen LogP contribution in [0.1, 0.15) is 122 Å². The number of allylic oxidation sites excluding steroid dienone is 2. The first-order chi connectivity index (χ1) is 16.1. The zero-order valence-corrected chi connectivity index (χ0v) is 21.4. The van der Waals surface area contributed by atoms with Crippen LogP contribution < -0.4 is 10.8 Å². The van der Waals surface area contributed by atoms with Crippen molar-refractivity contribution in [2.75, 3.05) is 19.6 Å². The predicted molar refractivity (Wildman–Crippen MR) is 139 cm³/mol. The van der Waals surface area contributed by atoms with Gasteiger partial charge in [0.15, 0.2) is 0 Å². The van der Waals surface area contributed by atoms with Crippen LogP contribution in [0.5, 0.6) is 0 Å². The number of carbonyl (C=O) groups excluding carboxylic acids is 1. The van der Waals surface area contributed by atoms with Crippen molar-refractivity contribution in [3.63, 3.8) is 0 Å². The molecule has 0 fully saturated rings. The molecule has 1 unspecified atom stereocenters. The topological polar surface area (TPSA) is 78.5 Å². The molecule has 0 aromatic carbocycles. The van der Waals surface area contributed by atoms with Gasteiger partial charge in [-0.3, -0.25) is 0 Å². The van der Waals surface area contributed by atoms with E-state index in [9.17, 15) is 9.90 Å². The van der Waals surface area contributed by atoms with Gasteiger partial charge < -0.3 is 15.6 Å². The largest absolute Gasteiger partial charge is 0.544 e. The number of amidine groups is 1. The number of nitrogens with two attached hydrogens (primary N) is 1.